The third kappa shape index (κ3) is 2.62. The van der Waals surface area contributed by atoms with Gasteiger partial charge in [0.15, 0.2) is 0 Å². The summed E-state index contributed by atoms with van der Waals surface area (Å²) in [5, 5.41) is 0. The summed E-state index contributed by atoms with van der Waals surface area (Å²) in [5.41, 5.74) is 1.23. The number of ether oxygens (including phenoxy) is 1. The first-order chi connectivity index (χ1) is 5.84. The van der Waals surface area contributed by atoms with Crippen LogP contribution >= 0.6 is 0 Å². The van der Waals surface area contributed by atoms with Crippen molar-refractivity contribution in [2.24, 2.45) is 0 Å². The van der Waals surface area contributed by atoms with Crippen LogP contribution in [0.15, 0.2) is 24.5 Å². The van der Waals surface area contributed by atoms with E-state index in [4.69, 9.17) is 7.11 Å². The molecule has 0 aliphatic carbocycles. The molecule has 2 heteroatoms. The summed E-state index contributed by atoms with van der Waals surface area (Å²) in [6.07, 6.45) is 4.58. The summed E-state index contributed by atoms with van der Waals surface area (Å²) in [5.74, 6) is 0.460. The fourth-order valence-corrected chi connectivity index (χ4v) is 1.08. The number of nitrogens with zero attached hydrogens (tertiary/aromatic N) is 1. The average Bonchev–Trinajstić information content (AvgIpc) is 2.15. The molecule has 1 aromatic rings. The Hall–Kier alpha value is -0.890. The van der Waals surface area contributed by atoms with Crippen LogP contribution in [0.5, 0.6) is 0 Å². The number of aromatic nitrogens is 1. The van der Waals surface area contributed by atoms with Crippen LogP contribution in [0, 0.1) is 7.11 Å². The molecule has 1 heterocycles. The molecular weight excluding hydrogens is 150 g/mol. The third-order valence-corrected chi connectivity index (χ3v) is 1.92. The minimum atomic E-state index is 0.460. The first kappa shape index (κ1) is 9.20. The molecule has 0 spiro atoms. The van der Waals surface area contributed by atoms with Crippen molar-refractivity contribution >= 4 is 0 Å². The van der Waals surface area contributed by atoms with Gasteiger partial charge in [0.25, 0.3) is 0 Å². The molecule has 0 N–H and O–H groups in total. The monoisotopic (exact) mass is 163 g/mol. The highest BCUT2D eigenvalue weighted by Crippen LogP contribution is 2.16. The Morgan fingerprint density at radius 2 is 2.50 bits per heavy atom. The molecule has 1 atom stereocenters. The minimum Gasteiger partial charge on any atom is -0.373 e. The Balaban J connectivity index is 2.48. The molecule has 64 valence electrons. The molecular formula is C10H13NO. The Bertz CT molecular complexity index is 210. The van der Waals surface area contributed by atoms with Gasteiger partial charge in [-0.3, -0.25) is 4.98 Å². The molecule has 1 aromatic heterocycles. The van der Waals surface area contributed by atoms with Gasteiger partial charge >= 0.3 is 0 Å². The van der Waals surface area contributed by atoms with Gasteiger partial charge in [0.1, 0.15) is 7.11 Å². The Labute approximate surface area is 73.6 Å². The van der Waals surface area contributed by atoms with Crippen LogP contribution in [0.1, 0.15) is 24.8 Å². The van der Waals surface area contributed by atoms with Gasteiger partial charge in [0.2, 0.25) is 0 Å². The maximum Gasteiger partial charge on any atom is 0.115 e. The highest BCUT2D eigenvalue weighted by Gasteiger charge is 2.03. The molecule has 0 aliphatic heterocycles. The van der Waals surface area contributed by atoms with Gasteiger partial charge in [-0.25, -0.2) is 0 Å². The third-order valence-electron chi connectivity index (χ3n) is 1.92. The molecule has 0 fully saturated rings. The van der Waals surface area contributed by atoms with Crippen LogP contribution in [0.25, 0.3) is 0 Å². The molecule has 0 amide bonds. The summed E-state index contributed by atoms with van der Waals surface area (Å²) >= 11 is 0. The first-order valence-corrected chi connectivity index (χ1v) is 4.06. The van der Waals surface area contributed by atoms with Gasteiger partial charge in [-0.1, -0.05) is 13.0 Å². The first-order valence-electron chi connectivity index (χ1n) is 4.06. The van der Waals surface area contributed by atoms with Crippen LogP contribution in [0.2, 0.25) is 0 Å². The number of rotatable bonds is 4. The smallest absolute Gasteiger partial charge is 0.115 e. The molecule has 1 rings (SSSR count). The summed E-state index contributed by atoms with van der Waals surface area (Å²) in [6, 6.07) is 4.00. The number of hydrogen-bond donors (Lipinski definition) is 0. The molecule has 0 saturated carbocycles. The molecule has 12 heavy (non-hydrogen) atoms. The molecule has 1 unspecified atom stereocenters. The van der Waals surface area contributed by atoms with Crippen LogP contribution in [0.4, 0.5) is 0 Å². The van der Waals surface area contributed by atoms with Crippen LogP contribution in [-0.4, -0.2) is 11.6 Å². The van der Waals surface area contributed by atoms with Crippen LogP contribution < -0.4 is 0 Å². The maximum absolute atomic E-state index is 4.94. The van der Waals surface area contributed by atoms with Crippen molar-refractivity contribution in [2.75, 3.05) is 6.61 Å². The molecule has 2 nitrogen and oxygen atoms in total. The zero-order valence-corrected chi connectivity index (χ0v) is 7.23. The lowest BCUT2D eigenvalue weighted by Crippen LogP contribution is -1.98. The van der Waals surface area contributed by atoms with E-state index in [0.29, 0.717) is 12.5 Å². The van der Waals surface area contributed by atoms with Crippen molar-refractivity contribution in [1.82, 2.24) is 4.98 Å². The van der Waals surface area contributed by atoms with Crippen molar-refractivity contribution < 1.29 is 4.74 Å². The van der Waals surface area contributed by atoms with Gasteiger partial charge < -0.3 is 4.74 Å². The molecule has 0 aromatic carbocycles. The molecule has 0 aliphatic rings. The van der Waals surface area contributed by atoms with Crippen molar-refractivity contribution in [2.45, 2.75) is 19.3 Å². The van der Waals surface area contributed by atoms with Crippen LogP contribution in [0.3, 0.4) is 0 Å². The van der Waals surface area contributed by atoms with Crippen molar-refractivity contribution in [3.63, 3.8) is 0 Å². The van der Waals surface area contributed by atoms with E-state index in [-0.39, 0.29) is 0 Å². The zero-order valence-electron chi connectivity index (χ0n) is 7.23. The standard InChI is InChI=1S/C10H13NO/c1-9(5-7-12-2)10-4-3-6-11-8-10/h2-4,6,8-9H,5,7H2,1H3. The molecule has 0 bridgehead atoms. The SMILES string of the molecule is [CH]OCCC(C)c1cccnc1. The van der Waals surface area contributed by atoms with Crippen molar-refractivity contribution in [3.8, 4) is 0 Å². The van der Waals surface area contributed by atoms with E-state index in [1.165, 1.54) is 5.56 Å². The molecule has 2 radical (unpaired) electrons. The lowest BCUT2D eigenvalue weighted by molar-refractivity contribution is 0.230. The second-order valence-corrected chi connectivity index (χ2v) is 2.85. The second kappa shape index (κ2) is 4.88. The summed E-state index contributed by atoms with van der Waals surface area (Å²) < 4.78 is 4.51. The number of pyridine rings is 1. The van der Waals surface area contributed by atoms with Crippen molar-refractivity contribution in [1.29, 1.82) is 0 Å². The topological polar surface area (TPSA) is 22.1 Å². The van der Waals surface area contributed by atoms with Gasteiger partial charge in [0.05, 0.1) is 0 Å². The van der Waals surface area contributed by atoms with Gasteiger partial charge in [-0.05, 0) is 24.0 Å². The molecule has 0 saturated heterocycles. The maximum atomic E-state index is 4.94. The fourth-order valence-electron chi connectivity index (χ4n) is 1.08. The quantitative estimate of drug-likeness (QED) is 0.679. The van der Waals surface area contributed by atoms with Gasteiger partial charge in [0, 0.05) is 19.0 Å². The van der Waals surface area contributed by atoms with Crippen molar-refractivity contribution in [3.05, 3.63) is 37.2 Å². The minimum absolute atomic E-state index is 0.460. The normalized spacial score (nSPS) is 12.8. The van der Waals surface area contributed by atoms with Crippen LogP contribution in [-0.2, 0) is 4.74 Å². The van der Waals surface area contributed by atoms with E-state index in [0.717, 1.165) is 6.42 Å². The lowest BCUT2D eigenvalue weighted by atomic mass is 10.0. The number of hydrogen-bond acceptors (Lipinski definition) is 2. The van der Waals surface area contributed by atoms with E-state index < -0.39 is 0 Å². The van der Waals surface area contributed by atoms with E-state index >= 15 is 0 Å². The summed E-state index contributed by atoms with van der Waals surface area (Å²) in [4.78, 5) is 4.04. The lowest BCUT2D eigenvalue weighted by Gasteiger charge is -2.09. The fraction of sp³-hybridized carbons (Fsp3) is 0.400. The predicted octanol–water partition coefficient (Wildman–Crippen LogP) is 2.26. The Morgan fingerprint density at radius 3 is 3.08 bits per heavy atom. The highest BCUT2D eigenvalue weighted by molar-refractivity contribution is 5.13. The van der Waals surface area contributed by atoms with Gasteiger partial charge in [-0.2, -0.15) is 0 Å². The highest BCUT2D eigenvalue weighted by atomic mass is 16.5. The van der Waals surface area contributed by atoms with E-state index in [1.54, 1.807) is 6.20 Å². The van der Waals surface area contributed by atoms with E-state index in [2.05, 4.69) is 22.7 Å². The van der Waals surface area contributed by atoms with E-state index in [9.17, 15) is 0 Å². The van der Waals surface area contributed by atoms with E-state index in [1.807, 2.05) is 12.3 Å². The predicted molar refractivity (Wildman–Crippen MR) is 47.5 cm³/mol. The summed E-state index contributed by atoms with van der Waals surface area (Å²) in [7, 11) is 4.94. The Kier molecular flexibility index (Phi) is 3.74. The summed E-state index contributed by atoms with van der Waals surface area (Å²) in [6.45, 7) is 2.73. The average molecular weight is 163 g/mol. The second-order valence-electron chi connectivity index (χ2n) is 2.85. The zero-order chi connectivity index (χ0) is 8.81. The van der Waals surface area contributed by atoms with Gasteiger partial charge in [-0.15, -0.1) is 0 Å². The largest absolute Gasteiger partial charge is 0.373 e. The Morgan fingerprint density at radius 1 is 1.67 bits per heavy atom.